The molecule has 0 fully saturated rings. The summed E-state index contributed by atoms with van der Waals surface area (Å²) in [6.07, 6.45) is 2.62. The quantitative estimate of drug-likeness (QED) is 0.850. The molecule has 21 heavy (non-hydrogen) atoms. The Morgan fingerprint density at radius 2 is 1.81 bits per heavy atom. The predicted octanol–water partition coefficient (Wildman–Crippen LogP) is 2.46. The highest BCUT2D eigenvalue weighted by molar-refractivity contribution is 5.31. The lowest BCUT2D eigenvalue weighted by Gasteiger charge is -2.09. The van der Waals surface area contributed by atoms with Crippen molar-refractivity contribution in [3.8, 4) is 5.82 Å². The molecule has 0 bridgehead atoms. The van der Waals surface area contributed by atoms with Crippen molar-refractivity contribution in [2.24, 2.45) is 0 Å². The summed E-state index contributed by atoms with van der Waals surface area (Å²) in [6, 6.07) is 4.27. The maximum absolute atomic E-state index is 4.72. The van der Waals surface area contributed by atoms with E-state index in [0.717, 1.165) is 55.5 Å². The Balaban J connectivity index is 2.44. The maximum atomic E-state index is 4.72. The van der Waals surface area contributed by atoms with Crippen molar-refractivity contribution in [2.75, 3.05) is 6.54 Å². The minimum atomic E-state index is 0.845. The van der Waals surface area contributed by atoms with Gasteiger partial charge in [0.05, 0.1) is 0 Å². The summed E-state index contributed by atoms with van der Waals surface area (Å²) in [5.41, 5.74) is 2.34. The number of aromatic nitrogens is 4. The predicted molar refractivity (Wildman–Crippen MR) is 84.7 cm³/mol. The van der Waals surface area contributed by atoms with Crippen molar-refractivity contribution in [3.05, 3.63) is 35.0 Å². The van der Waals surface area contributed by atoms with E-state index in [1.807, 2.05) is 4.68 Å². The number of pyridine rings is 1. The van der Waals surface area contributed by atoms with E-state index in [-0.39, 0.29) is 0 Å². The monoisotopic (exact) mass is 287 g/mol. The van der Waals surface area contributed by atoms with Crippen molar-refractivity contribution in [1.82, 2.24) is 25.1 Å². The molecule has 2 heterocycles. The molecule has 5 nitrogen and oxygen atoms in total. The summed E-state index contributed by atoms with van der Waals surface area (Å²) in [4.78, 5) is 9.29. The molecule has 114 valence electrons. The minimum Gasteiger partial charge on any atom is -0.313 e. The van der Waals surface area contributed by atoms with Crippen molar-refractivity contribution in [3.63, 3.8) is 0 Å². The fraction of sp³-hybridized carbons (Fsp3) is 0.562. The minimum absolute atomic E-state index is 0.845. The van der Waals surface area contributed by atoms with Crippen LogP contribution in [0, 0.1) is 0 Å². The number of nitrogens with zero attached hydrogens (tertiary/aromatic N) is 4. The summed E-state index contributed by atoms with van der Waals surface area (Å²) >= 11 is 0. The van der Waals surface area contributed by atoms with E-state index in [4.69, 9.17) is 4.98 Å². The van der Waals surface area contributed by atoms with Crippen LogP contribution in [-0.2, 0) is 25.8 Å². The first kappa shape index (κ1) is 15.6. The van der Waals surface area contributed by atoms with E-state index in [1.54, 1.807) is 0 Å². The molecule has 1 N–H and O–H groups in total. The topological polar surface area (TPSA) is 55.6 Å². The third-order valence-corrected chi connectivity index (χ3v) is 3.43. The fourth-order valence-corrected chi connectivity index (χ4v) is 2.25. The van der Waals surface area contributed by atoms with Crippen LogP contribution in [0.2, 0.25) is 0 Å². The van der Waals surface area contributed by atoms with Gasteiger partial charge in [-0.05, 0) is 30.7 Å². The van der Waals surface area contributed by atoms with Gasteiger partial charge in [-0.15, -0.1) is 5.10 Å². The first-order valence-electron chi connectivity index (χ1n) is 7.87. The molecule has 5 heteroatoms. The van der Waals surface area contributed by atoms with Crippen LogP contribution in [0.5, 0.6) is 0 Å². The Morgan fingerprint density at radius 1 is 1.00 bits per heavy atom. The van der Waals surface area contributed by atoms with Crippen molar-refractivity contribution < 1.29 is 0 Å². The zero-order valence-electron chi connectivity index (χ0n) is 13.5. The molecule has 2 aromatic heterocycles. The van der Waals surface area contributed by atoms with Gasteiger partial charge in [0, 0.05) is 25.1 Å². The van der Waals surface area contributed by atoms with Crippen LogP contribution in [0.1, 0.15) is 50.6 Å². The van der Waals surface area contributed by atoms with Crippen LogP contribution < -0.4 is 5.32 Å². The molecule has 0 saturated carbocycles. The van der Waals surface area contributed by atoms with Gasteiger partial charge < -0.3 is 5.32 Å². The molecule has 0 spiro atoms. The van der Waals surface area contributed by atoms with Crippen molar-refractivity contribution in [2.45, 2.75) is 53.5 Å². The van der Waals surface area contributed by atoms with Gasteiger partial charge in [0.15, 0.2) is 11.6 Å². The molecular weight excluding hydrogens is 262 g/mol. The van der Waals surface area contributed by atoms with Gasteiger partial charge >= 0.3 is 0 Å². The second-order valence-electron chi connectivity index (χ2n) is 5.02. The van der Waals surface area contributed by atoms with Crippen LogP contribution in [0.15, 0.2) is 12.1 Å². The van der Waals surface area contributed by atoms with Gasteiger partial charge in [0.1, 0.15) is 5.82 Å². The number of aryl methyl sites for hydroxylation is 3. The average molecular weight is 287 g/mol. The zero-order chi connectivity index (χ0) is 15.2. The first-order chi connectivity index (χ1) is 10.2. The Hall–Kier alpha value is -1.75. The van der Waals surface area contributed by atoms with Crippen LogP contribution in [-0.4, -0.2) is 26.3 Å². The second-order valence-corrected chi connectivity index (χ2v) is 5.02. The van der Waals surface area contributed by atoms with Gasteiger partial charge in [-0.2, -0.15) is 4.68 Å². The second kappa shape index (κ2) is 7.31. The van der Waals surface area contributed by atoms with E-state index in [2.05, 4.69) is 55.2 Å². The van der Waals surface area contributed by atoms with E-state index in [9.17, 15) is 0 Å². The molecule has 0 saturated heterocycles. The van der Waals surface area contributed by atoms with Crippen molar-refractivity contribution >= 4 is 0 Å². The lowest BCUT2D eigenvalue weighted by molar-refractivity contribution is 0.715. The smallest absolute Gasteiger partial charge is 0.156 e. The molecular formula is C16H25N5. The molecule has 2 rings (SSSR count). The molecule has 0 amide bonds. The van der Waals surface area contributed by atoms with E-state index < -0.39 is 0 Å². The molecule has 0 unspecified atom stereocenters. The van der Waals surface area contributed by atoms with Gasteiger partial charge in [-0.3, -0.25) is 0 Å². The SMILES string of the molecule is CCNCc1cc(CC)nc(-n2nc(CC)nc2CC)c1. The first-order valence-corrected chi connectivity index (χ1v) is 7.87. The lowest BCUT2D eigenvalue weighted by atomic mass is 10.2. The summed E-state index contributed by atoms with van der Waals surface area (Å²) in [7, 11) is 0. The normalized spacial score (nSPS) is 11.0. The largest absolute Gasteiger partial charge is 0.313 e. The Morgan fingerprint density at radius 3 is 2.43 bits per heavy atom. The van der Waals surface area contributed by atoms with Gasteiger partial charge in [0.2, 0.25) is 0 Å². The summed E-state index contributed by atoms with van der Waals surface area (Å²) < 4.78 is 1.90. The standard InChI is InChI=1S/C16H25N5/c1-5-13-9-12(11-17-8-4)10-16(18-13)21-15(7-3)19-14(6-2)20-21/h9-10,17H,5-8,11H2,1-4H3. The van der Waals surface area contributed by atoms with E-state index in [1.165, 1.54) is 5.56 Å². The average Bonchev–Trinajstić information content (AvgIpc) is 2.96. The summed E-state index contributed by atoms with van der Waals surface area (Å²) in [6.45, 7) is 10.2. The van der Waals surface area contributed by atoms with E-state index >= 15 is 0 Å². The van der Waals surface area contributed by atoms with Crippen molar-refractivity contribution in [1.29, 1.82) is 0 Å². The molecule has 0 aromatic carbocycles. The summed E-state index contributed by atoms with van der Waals surface area (Å²) in [5, 5.41) is 7.96. The Kier molecular flexibility index (Phi) is 5.44. The van der Waals surface area contributed by atoms with Gasteiger partial charge in [-0.25, -0.2) is 9.97 Å². The highest BCUT2D eigenvalue weighted by Gasteiger charge is 2.11. The van der Waals surface area contributed by atoms with Crippen LogP contribution in [0.25, 0.3) is 5.82 Å². The third kappa shape index (κ3) is 3.67. The van der Waals surface area contributed by atoms with Crippen LogP contribution in [0.3, 0.4) is 0 Å². The summed E-state index contributed by atoms with van der Waals surface area (Å²) in [5.74, 6) is 2.73. The molecule has 0 aliphatic rings. The maximum Gasteiger partial charge on any atom is 0.156 e. The highest BCUT2D eigenvalue weighted by atomic mass is 15.4. The highest BCUT2D eigenvalue weighted by Crippen LogP contribution is 2.13. The van der Waals surface area contributed by atoms with Gasteiger partial charge in [-0.1, -0.05) is 27.7 Å². The molecule has 0 radical (unpaired) electrons. The molecule has 0 aliphatic carbocycles. The number of hydrogen-bond acceptors (Lipinski definition) is 4. The molecule has 0 aliphatic heterocycles. The zero-order valence-corrected chi connectivity index (χ0v) is 13.5. The molecule has 2 aromatic rings. The number of nitrogens with one attached hydrogen (secondary N) is 1. The lowest BCUT2D eigenvalue weighted by Crippen LogP contribution is -2.14. The van der Waals surface area contributed by atoms with E-state index in [0.29, 0.717) is 0 Å². The fourth-order valence-electron chi connectivity index (χ4n) is 2.25. The van der Waals surface area contributed by atoms with Gasteiger partial charge in [0.25, 0.3) is 0 Å². The van der Waals surface area contributed by atoms with Crippen LogP contribution >= 0.6 is 0 Å². The Bertz CT molecular complexity index is 588. The van der Waals surface area contributed by atoms with Crippen LogP contribution in [0.4, 0.5) is 0 Å². The molecule has 0 atom stereocenters. The number of rotatable bonds is 7. The Labute approximate surface area is 126 Å². The third-order valence-electron chi connectivity index (χ3n) is 3.43. The number of hydrogen-bond donors (Lipinski definition) is 1.